The molecule has 120 valence electrons. The van der Waals surface area contributed by atoms with Crippen molar-refractivity contribution in [3.05, 3.63) is 48.1 Å². The maximum absolute atomic E-state index is 12.1. The predicted molar refractivity (Wildman–Crippen MR) is 79.3 cm³/mol. The maximum Gasteiger partial charge on any atom is 0.273 e. The van der Waals surface area contributed by atoms with E-state index in [4.69, 9.17) is 8.94 Å². The zero-order valence-corrected chi connectivity index (χ0v) is 12.7. The van der Waals surface area contributed by atoms with Crippen molar-refractivity contribution < 1.29 is 18.8 Å². The lowest BCUT2D eigenvalue weighted by molar-refractivity contribution is 0.0523. The number of aryl methyl sites for hydroxylation is 1. The molecule has 3 aromatic heterocycles. The minimum absolute atomic E-state index is 0.0144. The average molecular weight is 316 g/mol. The summed E-state index contributed by atoms with van der Waals surface area (Å²) in [5.41, 5.74) is -0.521. The first-order chi connectivity index (χ1) is 11.0. The largest absolute Gasteiger partial charge is 0.461 e. The molecular formula is C15H16N4O4. The number of aliphatic hydroxyl groups is 1. The van der Waals surface area contributed by atoms with Crippen LogP contribution in [-0.2, 0) is 12.6 Å². The third kappa shape index (κ3) is 3.16. The molecular weight excluding hydrogens is 300 g/mol. The number of nitrogens with zero attached hydrogens (tertiary/aromatic N) is 3. The molecule has 2 N–H and O–H groups in total. The van der Waals surface area contributed by atoms with E-state index < -0.39 is 11.5 Å². The number of nitrogens with one attached hydrogen (secondary N) is 1. The van der Waals surface area contributed by atoms with Crippen LogP contribution in [0, 0.1) is 0 Å². The van der Waals surface area contributed by atoms with Gasteiger partial charge in [0.1, 0.15) is 5.60 Å². The normalized spacial score (nSPS) is 13.7. The Balaban J connectivity index is 1.65. The van der Waals surface area contributed by atoms with Crippen LogP contribution in [0.15, 0.2) is 45.8 Å². The molecule has 0 aliphatic carbocycles. The van der Waals surface area contributed by atoms with Crippen molar-refractivity contribution in [3.8, 4) is 11.5 Å². The highest BCUT2D eigenvalue weighted by Gasteiger charge is 2.26. The van der Waals surface area contributed by atoms with Gasteiger partial charge in [0.05, 0.1) is 19.0 Å². The molecule has 8 nitrogen and oxygen atoms in total. The Morgan fingerprint density at radius 3 is 2.96 bits per heavy atom. The van der Waals surface area contributed by atoms with Gasteiger partial charge in [0.15, 0.2) is 11.5 Å². The monoisotopic (exact) mass is 316 g/mol. The Hall–Kier alpha value is -2.87. The van der Waals surface area contributed by atoms with Crippen molar-refractivity contribution in [1.82, 2.24) is 20.3 Å². The van der Waals surface area contributed by atoms with Crippen LogP contribution in [0.25, 0.3) is 11.5 Å². The summed E-state index contributed by atoms with van der Waals surface area (Å²) in [5.74, 6) is 0.397. The van der Waals surface area contributed by atoms with Crippen molar-refractivity contribution in [2.45, 2.75) is 12.5 Å². The van der Waals surface area contributed by atoms with Crippen molar-refractivity contribution in [1.29, 1.82) is 0 Å². The van der Waals surface area contributed by atoms with Gasteiger partial charge in [-0.25, -0.2) is 0 Å². The van der Waals surface area contributed by atoms with Crippen LogP contribution in [0.1, 0.15) is 23.0 Å². The lowest BCUT2D eigenvalue weighted by Crippen LogP contribution is -2.38. The second kappa shape index (κ2) is 5.73. The zero-order valence-electron chi connectivity index (χ0n) is 12.7. The Bertz CT molecular complexity index is 801. The number of hydrogen-bond donors (Lipinski definition) is 2. The van der Waals surface area contributed by atoms with Gasteiger partial charge in [0.25, 0.3) is 5.91 Å². The molecule has 1 atom stereocenters. The summed E-state index contributed by atoms with van der Waals surface area (Å²) in [6.07, 6.45) is 4.75. The Labute approximate surface area is 131 Å². The quantitative estimate of drug-likeness (QED) is 0.735. The molecule has 0 aliphatic rings. The van der Waals surface area contributed by atoms with Crippen molar-refractivity contribution in [2.24, 2.45) is 7.05 Å². The number of carbonyl (C=O) groups is 1. The van der Waals surface area contributed by atoms with Crippen molar-refractivity contribution in [2.75, 3.05) is 6.54 Å². The van der Waals surface area contributed by atoms with E-state index >= 15 is 0 Å². The number of amides is 1. The summed E-state index contributed by atoms with van der Waals surface area (Å²) in [7, 11) is 1.75. The molecule has 0 unspecified atom stereocenters. The number of rotatable bonds is 5. The van der Waals surface area contributed by atoms with Crippen LogP contribution in [0.3, 0.4) is 0 Å². The summed E-state index contributed by atoms with van der Waals surface area (Å²) >= 11 is 0. The second-order valence-electron chi connectivity index (χ2n) is 5.41. The molecule has 0 spiro atoms. The lowest BCUT2D eigenvalue weighted by atomic mass is 10.00. The highest BCUT2D eigenvalue weighted by molar-refractivity contribution is 5.92. The topological polar surface area (TPSA) is 106 Å². The number of furan rings is 1. The Morgan fingerprint density at radius 2 is 2.30 bits per heavy atom. The number of aromatic nitrogens is 3. The minimum atomic E-state index is -1.24. The molecule has 23 heavy (non-hydrogen) atoms. The van der Waals surface area contributed by atoms with E-state index in [9.17, 15) is 9.90 Å². The van der Waals surface area contributed by atoms with Gasteiger partial charge in [-0.1, -0.05) is 5.16 Å². The van der Waals surface area contributed by atoms with E-state index in [0.717, 1.165) is 0 Å². The lowest BCUT2D eigenvalue weighted by Gasteiger charge is -2.21. The van der Waals surface area contributed by atoms with Crippen LogP contribution in [0.4, 0.5) is 0 Å². The molecule has 3 aromatic rings. The van der Waals surface area contributed by atoms with Gasteiger partial charge < -0.3 is 19.4 Å². The predicted octanol–water partition coefficient (Wildman–Crippen LogP) is 1.31. The molecule has 0 saturated carbocycles. The summed E-state index contributed by atoms with van der Waals surface area (Å²) in [6.45, 7) is 1.61. The van der Waals surface area contributed by atoms with E-state index in [1.54, 1.807) is 43.2 Å². The van der Waals surface area contributed by atoms with E-state index in [-0.39, 0.29) is 12.2 Å². The summed E-state index contributed by atoms with van der Waals surface area (Å²) < 4.78 is 11.8. The van der Waals surface area contributed by atoms with E-state index in [1.165, 1.54) is 12.3 Å². The highest BCUT2D eigenvalue weighted by Crippen LogP contribution is 2.21. The molecule has 1 amide bonds. The first-order valence-corrected chi connectivity index (χ1v) is 6.96. The fourth-order valence-electron chi connectivity index (χ4n) is 2.06. The first kappa shape index (κ1) is 15.0. The molecule has 3 rings (SSSR count). The molecule has 0 radical (unpaired) electrons. The standard InChI is InChI=1S/C15H16N4O4/c1-15(21,10-7-17-19(2)8-10)9-16-14(20)11-6-13(23-18-11)12-4-3-5-22-12/h3-8,21H,9H2,1-2H3,(H,16,20)/t15-/m1/s1. The minimum Gasteiger partial charge on any atom is -0.461 e. The van der Waals surface area contributed by atoms with Crippen LogP contribution in [-0.4, -0.2) is 32.5 Å². The van der Waals surface area contributed by atoms with Crippen molar-refractivity contribution in [3.63, 3.8) is 0 Å². The van der Waals surface area contributed by atoms with Gasteiger partial charge >= 0.3 is 0 Å². The molecule has 0 fully saturated rings. The van der Waals surface area contributed by atoms with Crippen LogP contribution in [0.5, 0.6) is 0 Å². The maximum atomic E-state index is 12.1. The number of carbonyl (C=O) groups excluding carboxylic acids is 1. The SMILES string of the molecule is Cn1cc([C@](C)(O)CNC(=O)c2cc(-c3ccco3)on2)cn1. The molecule has 8 heteroatoms. The fraction of sp³-hybridized carbons (Fsp3) is 0.267. The first-order valence-electron chi connectivity index (χ1n) is 6.96. The average Bonchev–Trinajstić information content (AvgIpc) is 3.24. The molecule has 0 saturated heterocycles. The molecule has 0 bridgehead atoms. The fourth-order valence-corrected chi connectivity index (χ4v) is 2.06. The Kier molecular flexibility index (Phi) is 3.75. The Morgan fingerprint density at radius 1 is 1.48 bits per heavy atom. The summed E-state index contributed by atoms with van der Waals surface area (Å²) in [5, 5.41) is 20.8. The van der Waals surface area contributed by atoms with Gasteiger partial charge in [0, 0.05) is 24.9 Å². The highest BCUT2D eigenvalue weighted by atomic mass is 16.5. The molecule has 0 aromatic carbocycles. The van der Waals surface area contributed by atoms with Gasteiger partial charge in [-0.2, -0.15) is 5.10 Å². The summed E-state index contributed by atoms with van der Waals surface area (Å²) in [4.78, 5) is 12.1. The number of hydrogen-bond acceptors (Lipinski definition) is 6. The van der Waals surface area contributed by atoms with Gasteiger partial charge in [-0.05, 0) is 19.1 Å². The third-order valence-corrected chi connectivity index (χ3v) is 3.43. The smallest absolute Gasteiger partial charge is 0.273 e. The summed E-state index contributed by atoms with van der Waals surface area (Å²) in [6, 6.07) is 4.89. The second-order valence-corrected chi connectivity index (χ2v) is 5.41. The zero-order chi connectivity index (χ0) is 16.4. The van der Waals surface area contributed by atoms with E-state index in [1.807, 2.05) is 0 Å². The van der Waals surface area contributed by atoms with Crippen LogP contribution < -0.4 is 5.32 Å². The molecule has 3 heterocycles. The van der Waals surface area contributed by atoms with Gasteiger partial charge in [0.2, 0.25) is 5.76 Å². The van der Waals surface area contributed by atoms with Crippen molar-refractivity contribution >= 4 is 5.91 Å². The van der Waals surface area contributed by atoms with Gasteiger partial charge in [-0.3, -0.25) is 9.48 Å². The third-order valence-electron chi connectivity index (χ3n) is 3.43. The van der Waals surface area contributed by atoms with Gasteiger partial charge in [-0.15, -0.1) is 0 Å². The molecule has 0 aliphatic heterocycles. The van der Waals surface area contributed by atoms with Crippen LogP contribution in [0.2, 0.25) is 0 Å². The van der Waals surface area contributed by atoms with E-state index in [2.05, 4.69) is 15.6 Å². The van der Waals surface area contributed by atoms with E-state index in [0.29, 0.717) is 17.1 Å². The van der Waals surface area contributed by atoms with Crippen LogP contribution >= 0.6 is 0 Å².